The minimum Gasteiger partial charge on any atom is -0.467 e. The SMILES string of the molecule is COc1nc(NCC2(SC)CCC2)nc(OC)n1. The van der Waals surface area contributed by atoms with E-state index in [-0.39, 0.29) is 12.0 Å². The smallest absolute Gasteiger partial charge is 0.324 e. The van der Waals surface area contributed by atoms with Crippen LogP contribution < -0.4 is 14.8 Å². The molecule has 2 rings (SSSR count). The number of aromatic nitrogens is 3. The van der Waals surface area contributed by atoms with Gasteiger partial charge in [0.1, 0.15) is 0 Å². The third-order valence-corrected chi connectivity index (χ3v) is 4.64. The number of nitrogens with zero attached hydrogens (tertiary/aromatic N) is 3. The fraction of sp³-hybridized carbons (Fsp3) is 0.727. The summed E-state index contributed by atoms with van der Waals surface area (Å²) < 4.78 is 10.3. The van der Waals surface area contributed by atoms with Crippen molar-refractivity contribution < 1.29 is 9.47 Å². The van der Waals surface area contributed by atoms with Crippen molar-refractivity contribution in [1.29, 1.82) is 0 Å². The monoisotopic (exact) mass is 270 g/mol. The summed E-state index contributed by atoms with van der Waals surface area (Å²) in [6, 6.07) is 0.521. The number of anilines is 1. The van der Waals surface area contributed by atoms with E-state index in [1.807, 2.05) is 11.8 Å². The van der Waals surface area contributed by atoms with Gasteiger partial charge in [0, 0.05) is 11.3 Å². The number of nitrogens with one attached hydrogen (secondary N) is 1. The summed E-state index contributed by atoms with van der Waals surface area (Å²) in [7, 11) is 3.04. The second-order valence-corrected chi connectivity index (χ2v) is 5.50. The lowest BCUT2D eigenvalue weighted by Gasteiger charge is -2.40. The topological polar surface area (TPSA) is 69.2 Å². The highest BCUT2D eigenvalue weighted by atomic mass is 32.2. The quantitative estimate of drug-likeness (QED) is 0.841. The molecule has 0 atom stereocenters. The Labute approximate surface area is 111 Å². The van der Waals surface area contributed by atoms with Crippen molar-refractivity contribution >= 4 is 17.7 Å². The zero-order valence-corrected chi connectivity index (χ0v) is 11.7. The normalized spacial score (nSPS) is 16.8. The van der Waals surface area contributed by atoms with Gasteiger partial charge in [0.15, 0.2) is 0 Å². The van der Waals surface area contributed by atoms with Crippen LogP contribution in [-0.2, 0) is 0 Å². The van der Waals surface area contributed by atoms with Crippen LogP contribution in [0.4, 0.5) is 5.95 Å². The van der Waals surface area contributed by atoms with Gasteiger partial charge in [0.05, 0.1) is 14.2 Å². The predicted molar refractivity (Wildman–Crippen MR) is 71.5 cm³/mol. The zero-order chi connectivity index (χ0) is 13.0. The van der Waals surface area contributed by atoms with Gasteiger partial charge in [-0.1, -0.05) is 6.42 Å². The van der Waals surface area contributed by atoms with Crippen LogP contribution in [0.1, 0.15) is 19.3 Å². The van der Waals surface area contributed by atoms with Gasteiger partial charge in [0.2, 0.25) is 5.95 Å². The van der Waals surface area contributed by atoms with E-state index in [0.717, 1.165) is 6.54 Å². The molecule has 0 saturated heterocycles. The molecule has 100 valence electrons. The number of ether oxygens (including phenoxy) is 2. The predicted octanol–water partition coefficient (Wildman–Crippen LogP) is 1.59. The summed E-state index contributed by atoms with van der Waals surface area (Å²) >= 11 is 1.90. The molecule has 1 heterocycles. The first kappa shape index (κ1) is 13.2. The number of thioether (sulfide) groups is 1. The van der Waals surface area contributed by atoms with Crippen LogP contribution in [0, 0.1) is 0 Å². The third kappa shape index (κ3) is 2.77. The minimum absolute atomic E-state index is 0.260. The van der Waals surface area contributed by atoms with E-state index in [1.54, 1.807) is 0 Å². The Morgan fingerprint density at radius 2 is 1.78 bits per heavy atom. The molecule has 0 radical (unpaired) electrons. The Morgan fingerprint density at radius 1 is 1.17 bits per heavy atom. The fourth-order valence-electron chi connectivity index (χ4n) is 1.86. The van der Waals surface area contributed by atoms with Gasteiger partial charge in [-0.15, -0.1) is 4.98 Å². The summed E-state index contributed by atoms with van der Waals surface area (Å²) in [5.74, 6) is 0.499. The molecule has 1 aromatic heterocycles. The molecule has 0 bridgehead atoms. The Morgan fingerprint density at radius 3 is 2.17 bits per heavy atom. The lowest BCUT2D eigenvalue weighted by molar-refractivity contribution is 0.340. The van der Waals surface area contributed by atoms with Gasteiger partial charge in [-0.05, 0) is 19.1 Å². The van der Waals surface area contributed by atoms with E-state index in [1.165, 1.54) is 33.5 Å². The summed E-state index contributed by atoms with van der Waals surface area (Å²) in [6.07, 6.45) is 5.92. The molecule has 0 aromatic carbocycles. The second-order valence-electron chi connectivity index (χ2n) is 4.23. The lowest BCUT2D eigenvalue weighted by atomic mass is 9.84. The van der Waals surface area contributed by atoms with E-state index in [2.05, 4.69) is 26.5 Å². The maximum absolute atomic E-state index is 5.01. The number of methoxy groups -OCH3 is 2. The standard InChI is InChI=1S/C11H18N4O2S/c1-16-9-13-8(14-10(15-9)17-2)12-7-11(18-3)5-4-6-11/h4-7H2,1-3H3,(H,12,13,14,15). The number of hydrogen-bond acceptors (Lipinski definition) is 7. The minimum atomic E-state index is 0.260. The average Bonchev–Trinajstić information content (AvgIpc) is 2.37. The summed E-state index contributed by atoms with van der Waals surface area (Å²) in [4.78, 5) is 12.3. The molecule has 7 heteroatoms. The summed E-state index contributed by atoms with van der Waals surface area (Å²) in [6.45, 7) is 0.852. The maximum Gasteiger partial charge on any atom is 0.324 e. The first-order valence-electron chi connectivity index (χ1n) is 5.84. The molecule has 0 spiro atoms. The van der Waals surface area contributed by atoms with Gasteiger partial charge < -0.3 is 14.8 Å². The Kier molecular flexibility index (Phi) is 4.11. The summed E-state index contributed by atoms with van der Waals surface area (Å²) in [5.41, 5.74) is 0. The van der Waals surface area contributed by atoms with Crippen LogP contribution in [0.2, 0.25) is 0 Å². The number of rotatable bonds is 6. The van der Waals surface area contributed by atoms with Crippen LogP contribution in [-0.4, -0.2) is 46.7 Å². The molecule has 1 fully saturated rings. The van der Waals surface area contributed by atoms with Gasteiger partial charge in [-0.25, -0.2) is 0 Å². The first-order valence-corrected chi connectivity index (χ1v) is 7.07. The van der Waals surface area contributed by atoms with E-state index < -0.39 is 0 Å². The van der Waals surface area contributed by atoms with Crippen molar-refractivity contribution in [3.63, 3.8) is 0 Å². The highest BCUT2D eigenvalue weighted by Crippen LogP contribution is 2.42. The van der Waals surface area contributed by atoms with Gasteiger partial charge in [-0.2, -0.15) is 21.7 Å². The van der Waals surface area contributed by atoms with Crippen molar-refractivity contribution in [2.75, 3.05) is 32.3 Å². The third-order valence-electron chi connectivity index (χ3n) is 3.23. The Bertz CT molecular complexity index is 384. The van der Waals surface area contributed by atoms with Crippen molar-refractivity contribution in [2.45, 2.75) is 24.0 Å². The first-order chi connectivity index (χ1) is 8.71. The van der Waals surface area contributed by atoms with E-state index in [0.29, 0.717) is 10.7 Å². The molecule has 0 aliphatic heterocycles. The van der Waals surface area contributed by atoms with Gasteiger partial charge >= 0.3 is 12.0 Å². The highest BCUT2D eigenvalue weighted by molar-refractivity contribution is 8.00. The summed E-state index contributed by atoms with van der Waals surface area (Å²) in [5, 5.41) is 3.24. The Balaban J connectivity index is 2.04. The molecule has 1 saturated carbocycles. The van der Waals surface area contributed by atoms with Crippen LogP contribution in [0.25, 0.3) is 0 Å². The molecule has 18 heavy (non-hydrogen) atoms. The fourth-order valence-corrected chi connectivity index (χ4v) is 2.78. The molecule has 0 amide bonds. The highest BCUT2D eigenvalue weighted by Gasteiger charge is 2.36. The molecule has 6 nitrogen and oxygen atoms in total. The molecule has 1 aliphatic carbocycles. The van der Waals surface area contributed by atoms with E-state index in [9.17, 15) is 0 Å². The van der Waals surface area contributed by atoms with Crippen molar-refractivity contribution in [3.8, 4) is 12.0 Å². The van der Waals surface area contributed by atoms with Crippen LogP contribution in [0.5, 0.6) is 12.0 Å². The maximum atomic E-state index is 5.01. The molecular weight excluding hydrogens is 252 g/mol. The zero-order valence-electron chi connectivity index (χ0n) is 10.9. The molecule has 0 unspecified atom stereocenters. The number of hydrogen-bond donors (Lipinski definition) is 1. The molecule has 1 aromatic rings. The van der Waals surface area contributed by atoms with Crippen molar-refractivity contribution in [1.82, 2.24) is 15.0 Å². The Hall–Kier alpha value is -1.24. The van der Waals surface area contributed by atoms with Crippen LogP contribution >= 0.6 is 11.8 Å². The van der Waals surface area contributed by atoms with Crippen LogP contribution in [0.3, 0.4) is 0 Å². The molecule has 1 N–H and O–H groups in total. The van der Waals surface area contributed by atoms with Crippen molar-refractivity contribution in [2.24, 2.45) is 0 Å². The lowest BCUT2D eigenvalue weighted by Crippen LogP contribution is -2.40. The second kappa shape index (κ2) is 5.60. The van der Waals surface area contributed by atoms with Crippen LogP contribution in [0.15, 0.2) is 0 Å². The average molecular weight is 270 g/mol. The van der Waals surface area contributed by atoms with Gasteiger partial charge in [0.25, 0.3) is 0 Å². The molecular formula is C11H18N4O2S. The molecule has 1 aliphatic rings. The largest absolute Gasteiger partial charge is 0.467 e. The van der Waals surface area contributed by atoms with Crippen molar-refractivity contribution in [3.05, 3.63) is 0 Å². The van der Waals surface area contributed by atoms with E-state index in [4.69, 9.17) is 9.47 Å². The van der Waals surface area contributed by atoms with E-state index >= 15 is 0 Å². The van der Waals surface area contributed by atoms with Gasteiger partial charge in [-0.3, -0.25) is 0 Å².